The van der Waals surface area contributed by atoms with E-state index in [9.17, 15) is 10.2 Å². The van der Waals surface area contributed by atoms with Crippen LogP contribution in [-0.4, -0.2) is 48.2 Å². The molecule has 0 aromatic heterocycles. The minimum atomic E-state index is -0.195. The molecule has 0 rings (SSSR count). The van der Waals surface area contributed by atoms with Crippen LogP contribution in [0.1, 0.15) is 237 Å². The molecule has 5 nitrogen and oxygen atoms in total. The second-order valence-corrected chi connectivity index (χ2v) is 19.9. The summed E-state index contributed by atoms with van der Waals surface area (Å²) in [5.74, 6) is 5.43. The van der Waals surface area contributed by atoms with E-state index < -0.39 is 0 Å². The number of hydrogen-bond donors (Lipinski definition) is 2. The first kappa shape index (κ1) is 54.8. The van der Waals surface area contributed by atoms with Crippen molar-refractivity contribution in [2.24, 2.45) is 47.3 Å². The van der Waals surface area contributed by atoms with E-state index in [1.807, 2.05) is 13.8 Å². The Bertz CT molecular complexity index is 739. The van der Waals surface area contributed by atoms with Crippen molar-refractivity contribution in [2.45, 2.75) is 262 Å². The van der Waals surface area contributed by atoms with Crippen LogP contribution in [0.15, 0.2) is 0 Å². The minimum Gasteiger partial charge on any atom is -0.393 e. The van der Waals surface area contributed by atoms with Crippen molar-refractivity contribution in [1.82, 2.24) is 0 Å². The Labute approximate surface area is 346 Å². The number of aliphatic hydroxyl groups excluding tert-OH is 2. The Hall–Kier alpha value is -0.200. The van der Waals surface area contributed by atoms with Crippen molar-refractivity contribution < 1.29 is 24.4 Å². The molecule has 2 N–H and O–H groups in total. The van der Waals surface area contributed by atoms with Gasteiger partial charge in [-0.3, -0.25) is 0 Å². The third-order valence-corrected chi connectivity index (χ3v) is 12.0. The normalized spacial score (nSPS) is 18.9. The highest BCUT2D eigenvalue weighted by molar-refractivity contribution is 4.70. The van der Waals surface area contributed by atoms with Crippen LogP contribution in [0.5, 0.6) is 0 Å². The molecule has 0 aromatic rings. The minimum absolute atomic E-state index is 0.188. The molecule has 0 aliphatic heterocycles. The average molecular weight is 783 g/mol. The molecule has 0 radical (unpaired) electrons. The van der Waals surface area contributed by atoms with Gasteiger partial charge in [-0.25, -0.2) is 0 Å². The molecule has 0 aliphatic rings. The summed E-state index contributed by atoms with van der Waals surface area (Å²) in [6.45, 7) is 29.1. The summed E-state index contributed by atoms with van der Waals surface area (Å²) < 4.78 is 19.8. The molecule has 0 saturated carbocycles. The van der Waals surface area contributed by atoms with Gasteiger partial charge in [-0.1, -0.05) is 133 Å². The van der Waals surface area contributed by atoms with Gasteiger partial charge in [-0.2, -0.15) is 0 Å². The molecule has 0 amide bonds. The quantitative estimate of drug-likeness (QED) is 0.0479. The Morgan fingerprint density at radius 2 is 0.618 bits per heavy atom. The molecule has 0 aromatic carbocycles. The Kier molecular flexibility index (Phi) is 35.6. The van der Waals surface area contributed by atoms with Crippen molar-refractivity contribution in [3.05, 3.63) is 0 Å². The van der Waals surface area contributed by atoms with Crippen molar-refractivity contribution in [1.29, 1.82) is 0 Å². The van der Waals surface area contributed by atoms with Crippen LogP contribution in [0.3, 0.4) is 0 Å². The molecular formula is C50H102O5. The molecule has 0 aliphatic carbocycles. The van der Waals surface area contributed by atoms with Crippen LogP contribution in [0.4, 0.5) is 0 Å². The molecule has 12 unspecified atom stereocenters. The van der Waals surface area contributed by atoms with Gasteiger partial charge in [0.1, 0.15) is 0 Å². The van der Waals surface area contributed by atoms with Gasteiger partial charge in [0.05, 0.1) is 12.2 Å². The first-order chi connectivity index (χ1) is 26.1. The summed E-state index contributed by atoms with van der Waals surface area (Å²) in [6, 6.07) is 0. The van der Waals surface area contributed by atoms with Crippen LogP contribution in [0.25, 0.3) is 0 Å². The maximum Gasteiger partial charge on any atom is 0.160 e. The predicted molar refractivity (Wildman–Crippen MR) is 239 cm³/mol. The Morgan fingerprint density at radius 1 is 0.327 bits per heavy atom. The van der Waals surface area contributed by atoms with Gasteiger partial charge in [0.2, 0.25) is 0 Å². The first-order valence-corrected chi connectivity index (χ1v) is 24.4. The molecule has 0 bridgehead atoms. The third-order valence-electron chi connectivity index (χ3n) is 12.0. The van der Waals surface area contributed by atoms with Crippen molar-refractivity contribution in [2.75, 3.05) is 13.2 Å². The highest BCUT2D eigenvalue weighted by atomic mass is 16.8. The fraction of sp³-hybridized carbons (Fsp3) is 1.00. The first-order valence-electron chi connectivity index (χ1n) is 24.4. The lowest BCUT2D eigenvalue weighted by Gasteiger charge is -2.27. The highest BCUT2D eigenvalue weighted by Crippen LogP contribution is 2.30. The summed E-state index contributed by atoms with van der Waals surface area (Å²) >= 11 is 0. The molecular weight excluding hydrogens is 681 g/mol. The van der Waals surface area contributed by atoms with E-state index in [-0.39, 0.29) is 24.8 Å². The molecule has 12 atom stereocenters. The number of rotatable bonds is 40. The van der Waals surface area contributed by atoms with E-state index in [1.165, 1.54) is 103 Å². The number of aliphatic hydroxyl groups is 2. The molecule has 55 heavy (non-hydrogen) atoms. The topological polar surface area (TPSA) is 68.2 Å². The zero-order valence-electron chi connectivity index (χ0n) is 39.4. The lowest BCUT2D eigenvalue weighted by atomic mass is 9.83. The zero-order valence-corrected chi connectivity index (χ0v) is 39.4. The summed E-state index contributed by atoms with van der Waals surface area (Å²) in [4.78, 5) is 0. The van der Waals surface area contributed by atoms with Crippen LogP contribution in [-0.2, 0) is 14.2 Å². The highest BCUT2D eigenvalue weighted by Gasteiger charge is 2.21. The number of hydrogen-bond acceptors (Lipinski definition) is 5. The predicted octanol–water partition coefficient (Wildman–Crippen LogP) is 14.9. The van der Waals surface area contributed by atoms with Crippen molar-refractivity contribution >= 4 is 0 Å². The van der Waals surface area contributed by atoms with E-state index in [0.29, 0.717) is 35.5 Å². The van der Waals surface area contributed by atoms with Gasteiger partial charge >= 0.3 is 0 Å². The van der Waals surface area contributed by atoms with E-state index in [4.69, 9.17) is 14.2 Å². The molecule has 0 saturated heterocycles. The van der Waals surface area contributed by atoms with Crippen LogP contribution in [0.2, 0.25) is 0 Å². The number of ether oxygens (including phenoxy) is 3. The van der Waals surface area contributed by atoms with Gasteiger partial charge in [-0.05, 0) is 151 Å². The van der Waals surface area contributed by atoms with Crippen LogP contribution >= 0.6 is 0 Å². The summed E-state index contributed by atoms with van der Waals surface area (Å²) in [6.07, 6.45) is 27.6. The van der Waals surface area contributed by atoms with E-state index in [1.54, 1.807) is 0 Å². The zero-order chi connectivity index (χ0) is 41.4. The van der Waals surface area contributed by atoms with E-state index in [2.05, 4.69) is 69.2 Å². The van der Waals surface area contributed by atoms with Crippen molar-refractivity contribution in [3.8, 4) is 0 Å². The standard InChI is InChI=1S/C50H102O5/c1-13-15-17-19-21-29-53-49(27-23-25-39(3)31-41(5)33-43(7)35-45(9)37-47(11)51)55-50(54-30-22-20-18-16-14-2)28-24-26-40(4)32-42(6)34-44(8)36-46(10)38-48(12)52/h39-52H,13-38H2,1-12H3. The molecule has 5 heteroatoms. The summed E-state index contributed by atoms with van der Waals surface area (Å²) in [7, 11) is 0. The largest absolute Gasteiger partial charge is 0.393 e. The van der Waals surface area contributed by atoms with Gasteiger partial charge in [0.15, 0.2) is 12.6 Å². The number of unbranched alkanes of at least 4 members (excludes halogenated alkanes) is 8. The van der Waals surface area contributed by atoms with Crippen LogP contribution < -0.4 is 0 Å². The fourth-order valence-electron chi connectivity index (χ4n) is 9.76. The molecule has 0 fully saturated rings. The van der Waals surface area contributed by atoms with Gasteiger partial charge < -0.3 is 24.4 Å². The fourth-order valence-corrected chi connectivity index (χ4v) is 9.76. The monoisotopic (exact) mass is 783 g/mol. The maximum atomic E-state index is 9.78. The summed E-state index contributed by atoms with van der Waals surface area (Å²) in [5, 5.41) is 19.6. The second kappa shape index (κ2) is 35.7. The molecule has 332 valence electrons. The second-order valence-electron chi connectivity index (χ2n) is 19.9. The van der Waals surface area contributed by atoms with Crippen molar-refractivity contribution in [3.63, 3.8) is 0 Å². The molecule has 0 spiro atoms. The van der Waals surface area contributed by atoms with Gasteiger partial charge in [0, 0.05) is 13.2 Å². The van der Waals surface area contributed by atoms with Gasteiger partial charge in [-0.15, -0.1) is 0 Å². The Morgan fingerprint density at radius 3 is 0.927 bits per heavy atom. The SMILES string of the molecule is CCCCCCCOC(CCCC(C)CC(C)CC(C)CC(C)CC(C)O)OC(CCCC(C)CC(C)CC(C)CC(C)CC(C)O)OCCCCCCC. The lowest BCUT2D eigenvalue weighted by Crippen LogP contribution is -2.28. The third kappa shape index (κ3) is 35.5. The summed E-state index contributed by atoms with van der Waals surface area (Å²) in [5.41, 5.74) is 0. The smallest absolute Gasteiger partial charge is 0.160 e. The lowest BCUT2D eigenvalue weighted by molar-refractivity contribution is -0.250. The Balaban J connectivity index is 5.20. The van der Waals surface area contributed by atoms with Gasteiger partial charge in [0.25, 0.3) is 0 Å². The average Bonchev–Trinajstić information content (AvgIpc) is 3.06. The molecule has 0 heterocycles. The van der Waals surface area contributed by atoms with Crippen LogP contribution in [0, 0.1) is 47.3 Å². The van der Waals surface area contributed by atoms with E-state index in [0.717, 1.165) is 76.4 Å². The van der Waals surface area contributed by atoms with E-state index >= 15 is 0 Å². The maximum absolute atomic E-state index is 9.78.